The molecule has 1 heterocycles. The number of rotatable bonds is 4. The highest BCUT2D eigenvalue weighted by Crippen LogP contribution is 2.24. The lowest BCUT2D eigenvalue weighted by Crippen LogP contribution is -2.39. The van der Waals surface area contributed by atoms with Gasteiger partial charge < -0.3 is 16.4 Å². The standard InChI is InChI=1S/C14H13FN2O.C4H9N/c15-14-7-12(16)5-6-13(14)11-3-1-10(2-4-11)8-17-9-18;1-4-2-5-3-4/h1-7,9H,8,16H2,(H,17,18);4-5H,2-3H2,1H3. The number of amides is 1. The van der Waals surface area contributed by atoms with Crippen LogP contribution in [-0.4, -0.2) is 19.5 Å². The van der Waals surface area contributed by atoms with Crippen LogP contribution in [0.4, 0.5) is 10.1 Å². The fourth-order valence-corrected chi connectivity index (χ4v) is 2.16. The largest absolute Gasteiger partial charge is 0.399 e. The summed E-state index contributed by atoms with van der Waals surface area (Å²) in [6, 6.07) is 12.0. The van der Waals surface area contributed by atoms with Gasteiger partial charge in [-0.25, -0.2) is 4.39 Å². The molecule has 5 heteroatoms. The molecule has 1 amide bonds. The number of carbonyl (C=O) groups excluding carboxylic acids is 1. The van der Waals surface area contributed by atoms with E-state index in [1.807, 2.05) is 24.3 Å². The first-order chi connectivity index (χ1) is 11.1. The molecular formula is C18H22FN3O. The van der Waals surface area contributed by atoms with Crippen molar-refractivity contribution in [1.29, 1.82) is 0 Å². The highest BCUT2D eigenvalue weighted by Gasteiger charge is 2.07. The first-order valence-corrected chi connectivity index (χ1v) is 7.62. The molecule has 3 rings (SSSR count). The molecule has 23 heavy (non-hydrogen) atoms. The summed E-state index contributed by atoms with van der Waals surface area (Å²) in [6.07, 6.45) is 0.646. The van der Waals surface area contributed by atoms with Crippen LogP contribution in [0.1, 0.15) is 12.5 Å². The molecule has 1 saturated heterocycles. The van der Waals surface area contributed by atoms with E-state index in [-0.39, 0.29) is 5.82 Å². The molecular weight excluding hydrogens is 293 g/mol. The summed E-state index contributed by atoms with van der Waals surface area (Å²) in [5, 5.41) is 5.73. The molecule has 4 nitrogen and oxygen atoms in total. The molecule has 0 aliphatic carbocycles. The molecule has 122 valence electrons. The number of nitrogen functional groups attached to an aromatic ring is 1. The van der Waals surface area contributed by atoms with Gasteiger partial charge in [-0.15, -0.1) is 0 Å². The van der Waals surface area contributed by atoms with E-state index in [0.717, 1.165) is 17.0 Å². The van der Waals surface area contributed by atoms with Gasteiger partial charge in [0.15, 0.2) is 0 Å². The summed E-state index contributed by atoms with van der Waals surface area (Å²) in [5.41, 5.74) is 8.16. The molecule has 0 unspecified atom stereocenters. The highest BCUT2D eigenvalue weighted by molar-refractivity contribution is 5.66. The van der Waals surface area contributed by atoms with E-state index in [2.05, 4.69) is 17.6 Å². The van der Waals surface area contributed by atoms with Gasteiger partial charge in [-0.3, -0.25) is 4.79 Å². The molecule has 1 aliphatic heterocycles. The van der Waals surface area contributed by atoms with E-state index >= 15 is 0 Å². The second kappa shape index (κ2) is 8.29. The highest BCUT2D eigenvalue weighted by atomic mass is 19.1. The number of nitrogens with two attached hydrogens (primary N) is 1. The van der Waals surface area contributed by atoms with Crippen molar-refractivity contribution in [3.05, 3.63) is 53.8 Å². The van der Waals surface area contributed by atoms with Gasteiger partial charge in [0.2, 0.25) is 6.41 Å². The maximum Gasteiger partial charge on any atom is 0.207 e. The van der Waals surface area contributed by atoms with Gasteiger partial charge in [-0.2, -0.15) is 0 Å². The molecule has 0 radical (unpaired) electrons. The molecule has 0 spiro atoms. The lowest BCUT2D eigenvalue weighted by Gasteiger charge is -2.21. The van der Waals surface area contributed by atoms with Gasteiger partial charge in [0.25, 0.3) is 0 Å². The van der Waals surface area contributed by atoms with Crippen molar-refractivity contribution < 1.29 is 9.18 Å². The number of halogens is 1. The topological polar surface area (TPSA) is 67.2 Å². The van der Waals surface area contributed by atoms with Gasteiger partial charge in [-0.1, -0.05) is 31.2 Å². The predicted molar refractivity (Wildman–Crippen MR) is 91.2 cm³/mol. The van der Waals surface area contributed by atoms with Crippen molar-refractivity contribution in [1.82, 2.24) is 10.6 Å². The zero-order valence-electron chi connectivity index (χ0n) is 13.2. The van der Waals surface area contributed by atoms with Gasteiger partial charge in [-0.05, 0) is 48.3 Å². The number of hydrogen-bond donors (Lipinski definition) is 3. The summed E-state index contributed by atoms with van der Waals surface area (Å²) < 4.78 is 13.7. The van der Waals surface area contributed by atoms with Crippen LogP contribution in [0, 0.1) is 11.7 Å². The molecule has 0 saturated carbocycles. The number of benzene rings is 2. The number of nitrogens with one attached hydrogen (secondary N) is 2. The minimum atomic E-state index is -0.339. The third-order valence-electron chi connectivity index (χ3n) is 3.63. The fourth-order valence-electron chi connectivity index (χ4n) is 2.16. The summed E-state index contributed by atoms with van der Waals surface area (Å²) in [4.78, 5) is 10.2. The average Bonchev–Trinajstić information content (AvgIpc) is 2.52. The van der Waals surface area contributed by atoms with Crippen LogP contribution >= 0.6 is 0 Å². The Bertz CT molecular complexity index is 639. The summed E-state index contributed by atoms with van der Waals surface area (Å²) in [5.74, 6) is 0.615. The zero-order chi connectivity index (χ0) is 16.7. The van der Waals surface area contributed by atoms with Gasteiger partial charge in [0, 0.05) is 17.8 Å². The van der Waals surface area contributed by atoms with E-state index in [1.54, 1.807) is 12.1 Å². The van der Waals surface area contributed by atoms with Gasteiger partial charge in [0.1, 0.15) is 5.82 Å². The van der Waals surface area contributed by atoms with E-state index < -0.39 is 0 Å². The Morgan fingerprint density at radius 3 is 2.39 bits per heavy atom. The SMILES string of the molecule is CC1CNC1.Nc1ccc(-c2ccc(CNC=O)cc2)c(F)c1. The summed E-state index contributed by atoms with van der Waals surface area (Å²) in [7, 11) is 0. The monoisotopic (exact) mass is 315 g/mol. The summed E-state index contributed by atoms with van der Waals surface area (Å²) in [6.45, 7) is 5.19. The van der Waals surface area contributed by atoms with E-state index in [1.165, 1.54) is 19.2 Å². The van der Waals surface area contributed by atoms with Crippen molar-refractivity contribution in [2.75, 3.05) is 18.8 Å². The minimum Gasteiger partial charge on any atom is -0.399 e. The number of hydrogen-bond acceptors (Lipinski definition) is 3. The maximum absolute atomic E-state index is 13.7. The fraction of sp³-hybridized carbons (Fsp3) is 0.278. The van der Waals surface area contributed by atoms with Crippen LogP contribution in [-0.2, 0) is 11.3 Å². The normalized spacial score (nSPS) is 13.5. The zero-order valence-corrected chi connectivity index (χ0v) is 13.2. The maximum atomic E-state index is 13.7. The Morgan fingerprint density at radius 1 is 1.26 bits per heavy atom. The first kappa shape index (κ1) is 17.0. The Kier molecular flexibility index (Phi) is 6.11. The Morgan fingerprint density at radius 2 is 1.91 bits per heavy atom. The van der Waals surface area contributed by atoms with Crippen LogP contribution in [0.25, 0.3) is 11.1 Å². The van der Waals surface area contributed by atoms with Crippen molar-refractivity contribution >= 4 is 12.1 Å². The van der Waals surface area contributed by atoms with Crippen LogP contribution in [0.2, 0.25) is 0 Å². The van der Waals surface area contributed by atoms with Crippen molar-refractivity contribution in [2.45, 2.75) is 13.5 Å². The number of carbonyl (C=O) groups is 1. The molecule has 0 aromatic heterocycles. The van der Waals surface area contributed by atoms with Crippen LogP contribution in [0.5, 0.6) is 0 Å². The third kappa shape index (κ3) is 5.07. The lowest BCUT2D eigenvalue weighted by atomic mass is 10.0. The smallest absolute Gasteiger partial charge is 0.207 e. The van der Waals surface area contributed by atoms with Crippen LogP contribution in [0.15, 0.2) is 42.5 Å². The third-order valence-corrected chi connectivity index (χ3v) is 3.63. The predicted octanol–water partition coefficient (Wildman–Crippen LogP) is 2.55. The van der Waals surface area contributed by atoms with Gasteiger partial charge in [0.05, 0.1) is 0 Å². The first-order valence-electron chi connectivity index (χ1n) is 7.62. The molecule has 1 fully saturated rings. The molecule has 1 aliphatic rings. The Hall–Kier alpha value is -2.40. The molecule has 0 atom stereocenters. The molecule has 4 N–H and O–H groups in total. The van der Waals surface area contributed by atoms with E-state index in [0.29, 0.717) is 24.2 Å². The number of anilines is 1. The van der Waals surface area contributed by atoms with Crippen LogP contribution < -0.4 is 16.4 Å². The average molecular weight is 315 g/mol. The quantitative estimate of drug-likeness (QED) is 0.600. The van der Waals surface area contributed by atoms with Crippen molar-refractivity contribution in [3.63, 3.8) is 0 Å². The second-order valence-corrected chi connectivity index (χ2v) is 5.70. The molecule has 0 bridgehead atoms. The van der Waals surface area contributed by atoms with Crippen molar-refractivity contribution in [2.24, 2.45) is 5.92 Å². The Balaban J connectivity index is 0.000000326. The Labute approximate surface area is 135 Å². The molecule has 2 aromatic carbocycles. The summed E-state index contributed by atoms with van der Waals surface area (Å²) >= 11 is 0. The van der Waals surface area contributed by atoms with E-state index in [4.69, 9.17) is 5.73 Å². The van der Waals surface area contributed by atoms with E-state index in [9.17, 15) is 9.18 Å². The van der Waals surface area contributed by atoms with Crippen molar-refractivity contribution in [3.8, 4) is 11.1 Å². The van der Waals surface area contributed by atoms with Gasteiger partial charge >= 0.3 is 0 Å². The second-order valence-electron chi connectivity index (χ2n) is 5.70. The molecule has 2 aromatic rings. The van der Waals surface area contributed by atoms with Crippen LogP contribution in [0.3, 0.4) is 0 Å². The lowest BCUT2D eigenvalue weighted by molar-refractivity contribution is -0.109. The minimum absolute atomic E-state index is 0.339.